The average molecular weight is 367 g/mol. The van der Waals surface area contributed by atoms with Crippen molar-refractivity contribution < 1.29 is 0 Å². The summed E-state index contributed by atoms with van der Waals surface area (Å²) in [7, 11) is 0. The maximum atomic E-state index is 5.56. The van der Waals surface area contributed by atoms with E-state index in [4.69, 9.17) is 12.2 Å². The second-order valence-electron chi connectivity index (χ2n) is 5.17. The largest absolute Gasteiger partial charge is 0.331 e. The van der Waals surface area contributed by atoms with E-state index in [2.05, 4.69) is 69.0 Å². The van der Waals surface area contributed by atoms with Crippen LogP contribution in [0.15, 0.2) is 40.2 Å². The molecule has 0 aliphatic heterocycles. The highest BCUT2D eigenvalue weighted by Crippen LogP contribution is 2.33. The predicted molar refractivity (Wildman–Crippen MR) is 92.1 cm³/mol. The Hall–Kier alpha value is -0.910. The molecule has 0 aliphatic carbocycles. The highest BCUT2D eigenvalue weighted by molar-refractivity contribution is 9.10. The molecule has 5 heteroatoms. The van der Waals surface area contributed by atoms with Gasteiger partial charge in [0.05, 0.1) is 17.1 Å². The van der Waals surface area contributed by atoms with Gasteiger partial charge in [-0.15, -0.1) is 11.3 Å². The first-order valence-corrected chi connectivity index (χ1v) is 8.59. The maximum Gasteiger partial charge on any atom is 0.178 e. The third kappa shape index (κ3) is 2.38. The Kier molecular flexibility index (Phi) is 3.84. The molecule has 0 saturated heterocycles. The van der Waals surface area contributed by atoms with Crippen LogP contribution in [0.25, 0.3) is 11.0 Å². The van der Waals surface area contributed by atoms with Crippen molar-refractivity contribution in [1.82, 2.24) is 9.55 Å². The first kappa shape index (κ1) is 14.0. The van der Waals surface area contributed by atoms with Crippen LogP contribution >= 0.6 is 39.5 Å². The van der Waals surface area contributed by atoms with Crippen molar-refractivity contribution in [2.24, 2.45) is 5.92 Å². The van der Waals surface area contributed by atoms with Gasteiger partial charge in [-0.05, 0) is 47.8 Å². The molecule has 0 saturated carbocycles. The zero-order chi connectivity index (χ0) is 14.3. The minimum atomic E-state index is 0.269. The summed E-state index contributed by atoms with van der Waals surface area (Å²) in [4.78, 5) is 4.66. The van der Waals surface area contributed by atoms with E-state index in [0.717, 1.165) is 20.3 Å². The molecule has 1 unspecified atom stereocenters. The van der Waals surface area contributed by atoms with Crippen LogP contribution in [0.2, 0.25) is 0 Å². The molecule has 0 spiro atoms. The summed E-state index contributed by atoms with van der Waals surface area (Å²) in [5, 5.41) is 2.12. The van der Waals surface area contributed by atoms with Crippen LogP contribution in [0.1, 0.15) is 24.8 Å². The molecule has 1 aromatic carbocycles. The lowest BCUT2D eigenvalue weighted by atomic mass is 10.0. The van der Waals surface area contributed by atoms with E-state index in [9.17, 15) is 0 Å². The normalized spacial score (nSPS) is 13.2. The molecule has 1 atom stereocenters. The summed E-state index contributed by atoms with van der Waals surface area (Å²) in [6, 6.07) is 10.8. The van der Waals surface area contributed by atoms with Crippen LogP contribution in [-0.4, -0.2) is 9.55 Å². The lowest BCUT2D eigenvalue weighted by Crippen LogP contribution is -2.15. The molecule has 3 aromatic rings. The number of imidazole rings is 1. The molecule has 2 aromatic heterocycles. The van der Waals surface area contributed by atoms with Gasteiger partial charge < -0.3 is 9.55 Å². The summed E-state index contributed by atoms with van der Waals surface area (Å²) in [6.07, 6.45) is 0. The minimum absolute atomic E-state index is 0.269. The summed E-state index contributed by atoms with van der Waals surface area (Å²) in [5.74, 6) is 0.471. The zero-order valence-corrected chi connectivity index (χ0v) is 14.5. The number of aromatic nitrogens is 2. The van der Waals surface area contributed by atoms with Gasteiger partial charge in [0.2, 0.25) is 0 Å². The summed E-state index contributed by atoms with van der Waals surface area (Å²) >= 11 is 10.9. The van der Waals surface area contributed by atoms with Crippen molar-refractivity contribution >= 4 is 50.5 Å². The fourth-order valence-electron chi connectivity index (χ4n) is 2.58. The molecule has 2 nitrogen and oxygen atoms in total. The van der Waals surface area contributed by atoms with Gasteiger partial charge in [-0.25, -0.2) is 0 Å². The molecule has 0 radical (unpaired) electrons. The Labute approximate surface area is 135 Å². The van der Waals surface area contributed by atoms with Gasteiger partial charge in [0.15, 0.2) is 4.77 Å². The molecule has 0 fully saturated rings. The second kappa shape index (κ2) is 5.47. The highest BCUT2D eigenvalue weighted by Gasteiger charge is 2.22. The predicted octanol–water partition coefficient (Wildman–Crippen LogP) is 5.77. The Balaban J connectivity index is 2.28. The monoisotopic (exact) mass is 366 g/mol. The molecular weight excluding hydrogens is 352 g/mol. The number of nitrogens with one attached hydrogen (secondary N) is 1. The van der Waals surface area contributed by atoms with Crippen molar-refractivity contribution in [1.29, 1.82) is 0 Å². The lowest BCUT2D eigenvalue weighted by molar-refractivity contribution is 0.449. The molecule has 3 rings (SSSR count). The second-order valence-corrected chi connectivity index (χ2v) is 7.45. The number of aromatic amines is 1. The van der Waals surface area contributed by atoms with Crippen molar-refractivity contribution in [3.63, 3.8) is 0 Å². The molecule has 0 bridgehead atoms. The van der Waals surface area contributed by atoms with Crippen LogP contribution in [0.3, 0.4) is 0 Å². The van der Waals surface area contributed by atoms with Gasteiger partial charge in [-0.1, -0.05) is 35.8 Å². The number of fused-ring (bicyclic) bond motifs is 1. The molecule has 20 heavy (non-hydrogen) atoms. The number of nitrogens with zero attached hydrogens (tertiary/aromatic N) is 1. The molecule has 104 valence electrons. The van der Waals surface area contributed by atoms with Gasteiger partial charge in [0.1, 0.15) is 0 Å². The number of hydrogen-bond acceptors (Lipinski definition) is 2. The molecule has 0 aliphatic rings. The molecule has 1 N–H and O–H groups in total. The van der Waals surface area contributed by atoms with Gasteiger partial charge in [-0.3, -0.25) is 0 Å². The van der Waals surface area contributed by atoms with E-state index in [1.165, 1.54) is 4.88 Å². The van der Waals surface area contributed by atoms with E-state index in [1.54, 1.807) is 11.3 Å². The third-order valence-corrected chi connectivity index (χ3v) is 5.16. The summed E-state index contributed by atoms with van der Waals surface area (Å²) < 4.78 is 4.10. The number of hydrogen-bond donors (Lipinski definition) is 1. The summed E-state index contributed by atoms with van der Waals surface area (Å²) in [6.45, 7) is 4.48. The van der Waals surface area contributed by atoms with Crippen molar-refractivity contribution in [3.05, 3.63) is 49.8 Å². The lowest BCUT2D eigenvalue weighted by Gasteiger charge is -2.22. The van der Waals surface area contributed by atoms with Crippen LogP contribution in [0, 0.1) is 10.7 Å². The van der Waals surface area contributed by atoms with E-state index in [1.807, 2.05) is 6.07 Å². The fourth-order valence-corrected chi connectivity index (χ4v) is 4.24. The smallest absolute Gasteiger partial charge is 0.178 e. The van der Waals surface area contributed by atoms with E-state index >= 15 is 0 Å². The maximum absolute atomic E-state index is 5.56. The van der Waals surface area contributed by atoms with Crippen LogP contribution in [-0.2, 0) is 0 Å². The molecule has 2 heterocycles. The van der Waals surface area contributed by atoms with Crippen molar-refractivity contribution in [3.8, 4) is 0 Å². The van der Waals surface area contributed by atoms with Crippen molar-refractivity contribution in [2.45, 2.75) is 19.9 Å². The molecular formula is C15H15BrN2S2. The van der Waals surface area contributed by atoms with Crippen LogP contribution in [0.4, 0.5) is 0 Å². The van der Waals surface area contributed by atoms with Gasteiger partial charge in [-0.2, -0.15) is 0 Å². The quantitative estimate of drug-likeness (QED) is 0.583. The fraction of sp³-hybridized carbons (Fsp3) is 0.267. The summed E-state index contributed by atoms with van der Waals surface area (Å²) in [5.41, 5.74) is 2.23. The Morgan fingerprint density at radius 2 is 2.10 bits per heavy atom. The molecule has 0 amide bonds. The van der Waals surface area contributed by atoms with Gasteiger partial charge in [0, 0.05) is 9.35 Å². The van der Waals surface area contributed by atoms with Crippen LogP contribution in [0.5, 0.6) is 0 Å². The number of halogens is 1. The highest BCUT2D eigenvalue weighted by atomic mass is 79.9. The van der Waals surface area contributed by atoms with Crippen LogP contribution < -0.4 is 0 Å². The number of H-pyrrole nitrogens is 1. The van der Waals surface area contributed by atoms with E-state index in [0.29, 0.717) is 5.92 Å². The third-order valence-electron chi connectivity index (χ3n) is 3.42. The van der Waals surface area contributed by atoms with Gasteiger partial charge in [0.25, 0.3) is 0 Å². The van der Waals surface area contributed by atoms with E-state index in [-0.39, 0.29) is 6.04 Å². The first-order chi connectivity index (χ1) is 9.58. The van der Waals surface area contributed by atoms with E-state index < -0.39 is 0 Å². The van der Waals surface area contributed by atoms with Crippen molar-refractivity contribution in [2.75, 3.05) is 0 Å². The minimum Gasteiger partial charge on any atom is -0.331 e. The first-order valence-electron chi connectivity index (χ1n) is 6.51. The number of rotatable bonds is 3. The standard InChI is InChI=1S/C15H15BrN2S2/c1-9(2)14(13-4-3-7-20-13)18-12-8-10(16)5-6-11(12)17-15(18)19/h3-9,14H,1-2H3,(H,17,19). The Morgan fingerprint density at radius 3 is 2.75 bits per heavy atom. The number of benzene rings is 1. The zero-order valence-electron chi connectivity index (χ0n) is 11.3. The Bertz CT molecular complexity index is 784. The SMILES string of the molecule is CC(C)C(c1cccs1)n1c(=S)[nH]c2ccc(Br)cc21. The topological polar surface area (TPSA) is 20.7 Å². The average Bonchev–Trinajstić information content (AvgIpc) is 3.00. The number of thiophene rings is 1. The Morgan fingerprint density at radius 1 is 1.30 bits per heavy atom. The van der Waals surface area contributed by atoms with Gasteiger partial charge >= 0.3 is 0 Å².